The van der Waals surface area contributed by atoms with Crippen LogP contribution < -0.4 is 10.6 Å². The summed E-state index contributed by atoms with van der Waals surface area (Å²) in [7, 11) is 4.02. The largest absolute Gasteiger partial charge is 0.393 e. The number of pyridine rings is 1. The quantitative estimate of drug-likeness (QED) is 0.172. The normalized spacial score (nSPS) is 14.3. The van der Waals surface area contributed by atoms with Crippen LogP contribution in [0.4, 0.5) is 14.9 Å². The lowest BCUT2D eigenvalue weighted by molar-refractivity contribution is 0.102. The maximum atomic E-state index is 14.0. The van der Waals surface area contributed by atoms with Gasteiger partial charge in [0.1, 0.15) is 5.82 Å². The number of carbonyl (C=O) groups is 1. The van der Waals surface area contributed by atoms with Crippen molar-refractivity contribution in [3.63, 3.8) is 0 Å². The Balaban J connectivity index is 1.77. The van der Waals surface area contributed by atoms with Crippen molar-refractivity contribution in [2.45, 2.75) is 77.4 Å². The van der Waals surface area contributed by atoms with Crippen LogP contribution in [0, 0.1) is 5.82 Å². The van der Waals surface area contributed by atoms with Gasteiger partial charge in [0.05, 0.1) is 23.6 Å². The van der Waals surface area contributed by atoms with E-state index in [4.69, 9.17) is 4.98 Å². The van der Waals surface area contributed by atoms with Gasteiger partial charge in [-0.05, 0) is 105 Å². The van der Waals surface area contributed by atoms with Crippen LogP contribution in [0.25, 0.3) is 28.5 Å². The summed E-state index contributed by atoms with van der Waals surface area (Å²) in [5.74, 6) is -0.229. The number of aromatic nitrogens is 1. The van der Waals surface area contributed by atoms with E-state index in [1.54, 1.807) is 18.2 Å². The Morgan fingerprint density at radius 3 is 2.55 bits per heavy atom. The van der Waals surface area contributed by atoms with Gasteiger partial charge in [0.2, 0.25) is 0 Å². The Hall–Kier alpha value is -3.59. The number of nitrogens with zero attached hydrogens (tertiary/aromatic N) is 2. The van der Waals surface area contributed by atoms with E-state index in [0.717, 1.165) is 82.7 Å². The summed E-state index contributed by atoms with van der Waals surface area (Å²) < 4.78 is 14.0. The number of urea groups is 1. The molecule has 8 heteroatoms. The smallest absolute Gasteiger partial charge is 0.319 e. The van der Waals surface area contributed by atoms with Gasteiger partial charge >= 0.3 is 6.03 Å². The Morgan fingerprint density at radius 1 is 1.11 bits per heavy atom. The third kappa shape index (κ3) is 8.52. The zero-order valence-corrected chi connectivity index (χ0v) is 26.7. The molecule has 3 aromatic rings. The van der Waals surface area contributed by atoms with E-state index in [1.165, 1.54) is 12.1 Å². The maximum Gasteiger partial charge on any atom is 0.319 e. The van der Waals surface area contributed by atoms with Gasteiger partial charge in [-0.1, -0.05) is 51.1 Å². The molecule has 1 aliphatic carbocycles. The van der Waals surface area contributed by atoms with E-state index in [2.05, 4.69) is 29.4 Å². The molecule has 1 heterocycles. The van der Waals surface area contributed by atoms with Crippen molar-refractivity contribution in [1.82, 2.24) is 15.2 Å². The van der Waals surface area contributed by atoms with Gasteiger partial charge in [-0.15, -0.1) is 0 Å². The molecule has 0 radical (unpaired) electrons. The molecule has 0 saturated heterocycles. The number of hydrogen-bond acceptors (Lipinski definition) is 5. The molecule has 0 aliphatic heterocycles. The lowest BCUT2D eigenvalue weighted by atomic mass is 9.86. The number of fused-ring (bicyclic) bond motifs is 3. The number of benzene rings is 2. The van der Waals surface area contributed by atoms with E-state index in [-0.39, 0.29) is 24.2 Å². The number of aliphatic hydroxyl groups is 2. The number of aliphatic hydroxyl groups excluding tert-OH is 2. The molecule has 0 fully saturated rings. The van der Waals surface area contributed by atoms with Gasteiger partial charge in [-0.3, -0.25) is 4.98 Å². The average molecular weight is 603 g/mol. The van der Waals surface area contributed by atoms with E-state index < -0.39 is 12.2 Å². The molecule has 0 bridgehead atoms. The number of anilines is 1. The fourth-order valence-corrected chi connectivity index (χ4v) is 5.75. The predicted molar refractivity (Wildman–Crippen MR) is 177 cm³/mol. The van der Waals surface area contributed by atoms with Crippen LogP contribution in [0.1, 0.15) is 74.8 Å². The summed E-state index contributed by atoms with van der Waals surface area (Å²) in [5, 5.41) is 26.7. The van der Waals surface area contributed by atoms with Crippen LogP contribution >= 0.6 is 0 Å². The lowest BCUT2D eigenvalue weighted by Crippen LogP contribution is -2.31. The molecule has 4 rings (SSSR count). The third-order valence-electron chi connectivity index (χ3n) is 8.07. The maximum absolute atomic E-state index is 14.0. The van der Waals surface area contributed by atoms with Gasteiger partial charge < -0.3 is 25.7 Å². The van der Waals surface area contributed by atoms with Crippen LogP contribution in [0.5, 0.6) is 0 Å². The molecular weight excluding hydrogens is 555 g/mol. The van der Waals surface area contributed by atoms with Crippen molar-refractivity contribution in [1.29, 1.82) is 0 Å². The van der Waals surface area contributed by atoms with Crippen LogP contribution in [0.3, 0.4) is 0 Å². The number of carbonyl (C=O) groups excluding carboxylic acids is 1. The molecule has 0 saturated carbocycles. The van der Waals surface area contributed by atoms with Crippen LogP contribution in [0.15, 0.2) is 48.5 Å². The third-order valence-corrected chi connectivity index (χ3v) is 8.07. The second kappa shape index (κ2) is 15.4. The van der Waals surface area contributed by atoms with Gasteiger partial charge in [0.25, 0.3) is 0 Å². The van der Waals surface area contributed by atoms with E-state index >= 15 is 0 Å². The summed E-state index contributed by atoms with van der Waals surface area (Å²) in [6.45, 7) is 7.59. The average Bonchev–Trinajstić information content (AvgIpc) is 3.16. The molecule has 236 valence electrons. The molecule has 44 heavy (non-hydrogen) atoms. The fraction of sp³-hybridized carbons (Fsp3) is 0.444. The Bertz CT molecular complexity index is 1450. The van der Waals surface area contributed by atoms with Gasteiger partial charge in [-0.25, -0.2) is 9.18 Å². The molecule has 4 N–H and O–H groups in total. The van der Waals surface area contributed by atoms with Gasteiger partial charge in [-0.2, -0.15) is 0 Å². The number of nitrogens with one attached hydrogen (secondary N) is 2. The SMILES string of the molecule is CC[C@H](O)C[C@H](O)/C=C/c1c(C(C)C)nc2c(c1-c1ccc(F)cc1)CCCc1cc(NC(=O)NCCCN(C)C)ccc1-2. The zero-order chi connectivity index (χ0) is 31.8. The van der Waals surface area contributed by atoms with E-state index in [1.807, 2.05) is 45.3 Å². The minimum atomic E-state index is -0.804. The predicted octanol–water partition coefficient (Wildman–Crippen LogP) is 6.78. The molecule has 1 aliphatic rings. The second-order valence-electron chi connectivity index (χ2n) is 12.3. The molecule has 0 spiro atoms. The topological polar surface area (TPSA) is 97.7 Å². The van der Waals surface area contributed by atoms with Crippen molar-refractivity contribution >= 4 is 17.8 Å². The number of aryl methyl sites for hydroxylation is 1. The molecule has 2 aromatic carbocycles. The number of amides is 2. The zero-order valence-electron chi connectivity index (χ0n) is 26.7. The first-order valence-electron chi connectivity index (χ1n) is 15.8. The van der Waals surface area contributed by atoms with E-state index in [0.29, 0.717) is 13.0 Å². The molecule has 1 aromatic heterocycles. The lowest BCUT2D eigenvalue weighted by Gasteiger charge is -2.22. The van der Waals surface area contributed by atoms with Crippen LogP contribution in [-0.2, 0) is 12.8 Å². The highest BCUT2D eigenvalue weighted by molar-refractivity contribution is 5.91. The number of hydrogen-bond donors (Lipinski definition) is 4. The van der Waals surface area contributed by atoms with Crippen molar-refractivity contribution in [3.05, 3.63) is 76.7 Å². The van der Waals surface area contributed by atoms with Gasteiger partial charge in [0, 0.05) is 29.8 Å². The van der Waals surface area contributed by atoms with Crippen molar-refractivity contribution < 1.29 is 19.4 Å². The Morgan fingerprint density at radius 2 is 1.86 bits per heavy atom. The second-order valence-corrected chi connectivity index (χ2v) is 12.3. The summed E-state index contributed by atoms with van der Waals surface area (Å²) in [6.07, 6.45) is 6.45. The molecule has 7 nitrogen and oxygen atoms in total. The highest BCUT2D eigenvalue weighted by atomic mass is 19.1. The van der Waals surface area contributed by atoms with Crippen molar-refractivity contribution in [2.75, 3.05) is 32.5 Å². The fourth-order valence-electron chi connectivity index (χ4n) is 5.75. The number of rotatable bonds is 12. The minimum absolute atomic E-state index is 0.0707. The van der Waals surface area contributed by atoms with Crippen LogP contribution in [0.2, 0.25) is 0 Å². The summed E-state index contributed by atoms with van der Waals surface area (Å²) >= 11 is 0. The standard InChI is InChI=1S/C36H47FN4O3/c1-6-28(42)22-29(43)16-18-32-33(24-11-13-26(37)14-12-24)31-10-7-9-25-21-27(39-36(44)38-19-8-20-41(4)5)15-17-30(25)35(31)40-34(32)23(2)3/h11-18,21,23,28-29,42-43H,6-10,19-20,22H2,1-5H3,(H2,38,39,44)/b18-16+/t28-,29+/m0/s1. The first kappa shape index (κ1) is 33.3. The monoisotopic (exact) mass is 602 g/mol. The molecule has 2 atom stereocenters. The number of halogens is 1. The summed E-state index contributed by atoms with van der Waals surface area (Å²) in [5.41, 5.74) is 8.55. The Labute approximate surface area is 261 Å². The Kier molecular flexibility index (Phi) is 11.7. The van der Waals surface area contributed by atoms with Crippen LogP contribution in [-0.4, -0.2) is 65.5 Å². The highest BCUT2D eigenvalue weighted by Crippen LogP contribution is 2.42. The molecular formula is C36H47FN4O3. The first-order valence-corrected chi connectivity index (χ1v) is 15.8. The van der Waals surface area contributed by atoms with Crippen molar-refractivity contribution in [2.24, 2.45) is 0 Å². The summed E-state index contributed by atoms with van der Waals surface area (Å²) in [6, 6.07) is 12.3. The highest BCUT2D eigenvalue weighted by Gasteiger charge is 2.25. The molecule has 2 amide bonds. The summed E-state index contributed by atoms with van der Waals surface area (Å²) in [4.78, 5) is 19.9. The van der Waals surface area contributed by atoms with Crippen molar-refractivity contribution in [3.8, 4) is 22.4 Å². The first-order chi connectivity index (χ1) is 21.1. The minimum Gasteiger partial charge on any atom is -0.393 e. The van der Waals surface area contributed by atoms with E-state index in [9.17, 15) is 19.4 Å². The van der Waals surface area contributed by atoms with Gasteiger partial charge in [0.15, 0.2) is 0 Å². The molecule has 0 unspecified atom stereocenters.